The van der Waals surface area contributed by atoms with Crippen LogP contribution in [0.3, 0.4) is 0 Å². The molecule has 0 radical (unpaired) electrons. The fourth-order valence-electron chi connectivity index (χ4n) is 7.94. The van der Waals surface area contributed by atoms with Gasteiger partial charge in [-0.05, 0) is 62.8 Å². The van der Waals surface area contributed by atoms with Gasteiger partial charge in [-0.25, -0.2) is 0 Å². The highest BCUT2D eigenvalue weighted by Crippen LogP contribution is 2.55. The number of nitrogens with one attached hydrogen (secondary N) is 2. The highest BCUT2D eigenvalue weighted by molar-refractivity contribution is 6.02. The number of ether oxygens (including phenoxy) is 1. The summed E-state index contributed by atoms with van der Waals surface area (Å²) in [7, 11) is 0. The lowest BCUT2D eigenvalue weighted by Gasteiger charge is -2.37. The number of carbonyl (C=O) groups excluding carboxylic acids is 3. The van der Waals surface area contributed by atoms with Crippen LogP contribution in [-0.4, -0.2) is 77.0 Å². The zero-order chi connectivity index (χ0) is 28.7. The van der Waals surface area contributed by atoms with Gasteiger partial charge in [-0.3, -0.25) is 19.3 Å². The third kappa shape index (κ3) is 5.22. The van der Waals surface area contributed by atoms with Gasteiger partial charge in [0.15, 0.2) is 0 Å². The Bertz CT molecular complexity index is 1180. The Hall–Kier alpha value is -2.71. The van der Waals surface area contributed by atoms with E-state index < -0.39 is 29.6 Å². The van der Waals surface area contributed by atoms with E-state index in [0.29, 0.717) is 24.2 Å². The lowest BCUT2D eigenvalue weighted by Crippen LogP contribution is -2.57. The Morgan fingerprint density at radius 1 is 1.00 bits per heavy atom. The summed E-state index contributed by atoms with van der Waals surface area (Å²) >= 11 is 0. The minimum Gasteiger partial charge on any atom is -0.359 e. The molecular formula is C33H46N4O4. The van der Waals surface area contributed by atoms with E-state index in [1.54, 1.807) is 4.90 Å². The molecule has 4 heterocycles. The minimum atomic E-state index is -1.11. The van der Waals surface area contributed by atoms with E-state index in [1.165, 1.54) is 18.4 Å². The first kappa shape index (κ1) is 28.4. The van der Waals surface area contributed by atoms with E-state index in [-0.39, 0.29) is 23.8 Å². The summed E-state index contributed by atoms with van der Waals surface area (Å²) in [6, 6.07) is 7.68. The van der Waals surface area contributed by atoms with Crippen molar-refractivity contribution < 1.29 is 19.1 Å². The molecule has 2 N–H and O–H groups in total. The van der Waals surface area contributed by atoms with Gasteiger partial charge in [0.1, 0.15) is 11.6 Å². The van der Waals surface area contributed by atoms with Gasteiger partial charge in [-0.1, -0.05) is 63.8 Å². The predicted molar refractivity (Wildman–Crippen MR) is 158 cm³/mol. The summed E-state index contributed by atoms with van der Waals surface area (Å²) in [6.07, 6.45) is 12.2. The van der Waals surface area contributed by atoms with Gasteiger partial charge in [-0.2, -0.15) is 0 Å². The number of fused-ring (bicyclic) bond motifs is 1. The molecule has 1 aromatic rings. The summed E-state index contributed by atoms with van der Waals surface area (Å²) in [5, 5.41) is 6.33. The zero-order valence-corrected chi connectivity index (χ0v) is 24.8. The quantitative estimate of drug-likeness (QED) is 0.463. The maximum absolute atomic E-state index is 14.3. The Kier molecular flexibility index (Phi) is 7.98. The Morgan fingerprint density at radius 2 is 1.73 bits per heavy atom. The van der Waals surface area contributed by atoms with Crippen molar-refractivity contribution in [1.82, 2.24) is 15.1 Å². The van der Waals surface area contributed by atoms with Crippen LogP contribution in [0.5, 0.6) is 0 Å². The van der Waals surface area contributed by atoms with E-state index >= 15 is 0 Å². The molecule has 6 atom stereocenters. The molecule has 0 unspecified atom stereocenters. The molecule has 5 aliphatic rings. The molecule has 3 saturated heterocycles. The van der Waals surface area contributed by atoms with Crippen molar-refractivity contribution >= 4 is 23.4 Å². The number of amides is 3. The second-order valence-corrected chi connectivity index (χ2v) is 13.2. The molecule has 2 bridgehead atoms. The summed E-state index contributed by atoms with van der Waals surface area (Å²) < 4.78 is 6.53. The van der Waals surface area contributed by atoms with Gasteiger partial charge in [0.05, 0.1) is 17.9 Å². The number of piperidine rings is 1. The average Bonchev–Trinajstić information content (AvgIpc) is 3.60. The maximum Gasteiger partial charge on any atom is 0.246 e. The second-order valence-electron chi connectivity index (χ2n) is 13.2. The molecule has 1 spiro atoms. The first-order valence-electron chi connectivity index (χ1n) is 15.9. The van der Waals surface area contributed by atoms with Crippen LogP contribution >= 0.6 is 0 Å². The molecule has 3 amide bonds. The van der Waals surface area contributed by atoms with Crippen LogP contribution in [0.2, 0.25) is 0 Å². The Morgan fingerprint density at radius 3 is 2.44 bits per heavy atom. The van der Waals surface area contributed by atoms with Crippen molar-refractivity contribution in [2.24, 2.45) is 11.8 Å². The summed E-state index contributed by atoms with van der Waals surface area (Å²) in [4.78, 5) is 46.2. The SMILES string of the molecule is CC(C)c1ccc(NC(=O)[C@H]2[C@H]3C=C[C@]4(O3)[C@H](C(=O)NC3CCCCC3)N(CCN3CCCC[C@H]3C)C(=O)[C@@H]24)cc1. The second kappa shape index (κ2) is 11.5. The van der Waals surface area contributed by atoms with Gasteiger partial charge >= 0.3 is 0 Å². The summed E-state index contributed by atoms with van der Waals surface area (Å²) in [5.41, 5.74) is 0.787. The summed E-state index contributed by atoms with van der Waals surface area (Å²) in [5.74, 6) is -1.50. The molecule has 1 saturated carbocycles. The van der Waals surface area contributed by atoms with Crippen molar-refractivity contribution in [3.63, 3.8) is 0 Å². The van der Waals surface area contributed by atoms with Gasteiger partial charge in [0.2, 0.25) is 17.7 Å². The van der Waals surface area contributed by atoms with E-state index in [0.717, 1.165) is 51.6 Å². The van der Waals surface area contributed by atoms with Gasteiger partial charge < -0.3 is 20.3 Å². The van der Waals surface area contributed by atoms with Crippen molar-refractivity contribution in [2.45, 2.75) is 108 Å². The fraction of sp³-hybridized carbons (Fsp3) is 0.667. The fourth-order valence-corrected chi connectivity index (χ4v) is 7.94. The number of anilines is 1. The average molecular weight is 563 g/mol. The van der Waals surface area contributed by atoms with Crippen molar-refractivity contribution in [1.29, 1.82) is 0 Å². The van der Waals surface area contributed by atoms with Crippen LogP contribution < -0.4 is 10.6 Å². The molecule has 6 rings (SSSR count). The lowest BCUT2D eigenvalue weighted by molar-refractivity contribution is -0.141. The molecule has 4 fully saturated rings. The molecule has 222 valence electrons. The smallest absolute Gasteiger partial charge is 0.246 e. The largest absolute Gasteiger partial charge is 0.359 e. The Labute approximate surface area is 244 Å². The molecular weight excluding hydrogens is 516 g/mol. The first-order valence-corrected chi connectivity index (χ1v) is 15.9. The third-order valence-corrected chi connectivity index (χ3v) is 10.3. The Balaban J connectivity index is 1.25. The van der Waals surface area contributed by atoms with Gasteiger partial charge in [0.25, 0.3) is 0 Å². The van der Waals surface area contributed by atoms with Crippen molar-refractivity contribution in [3.05, 3.63) is 42.0 Å². The molecule has 8 nitrogen and oxygen atoms in total. The summed E-state index contributed by atoms with van der Waals surface area (Å²) in [6.45, 7) is 8.70. The molecule has 1 aromatic carbocycles. The third-order valence-electron chi connectivity index (χ3n) is 10.3. The van der Waals surface area contributed by atoms with Gasteiger partial charge in [-0.15, -0.1) is 0 Å². The highest BCUT2D eigenvalue weighted by Gasteiger charge is 2.72. The monoisotopic (exact) mass is 562 g/mol. The standard InChI is InChI=1S/C33H46N4O4/c1-21(2)23-12-14-25(15-13-23)34-30(38)27-26-16-17-33(41-26)28(27)32(40)37(20-19-36-18-8-7-9-22(36)3)29(33)31(39)35-24-10-5-4-6-11-24/h12-17,21-22,24,26-29H,4-11,18-20H2,1-3H3,(H,34,38)(H,35,39)/t22-,26-,27+,28-,29+,33-/m1/s1. The predicted octanol–water partition coefficient (Wildman–Crippen LogP) is 4.22. The lowest BCUT2D eigenvalue weighted by atomic mass is 9.74. The van der Waals surface area contributed by atoms with Crippen molar-refractivity contribution in [3.8, 4) is 0 Å². The van der Waals surface area contributed by atoms with E-state index in [9.17, 15) is 14.4 Å². The van der Waals surface area contributed by atoms with E-state index in [4.69, 9.17) is 4.74 Å². The van der Waals surface area contributed by atoms with Crippen LogP contribution in [0.15, 0.2) is 36.4 Å². The molecule has 1 aliphatic carbocycles. The van der Waals surface area contributed by atoms with Crippen LogP contribution in [0.4, 0.5) is 5.69 Å². The van der Waals surface area contributed by atoms with Crippen LogP contribution in [0.1, 0.15) is 83.6 Å². The zero-order valence-electron chi connectivity index (χ0n) is 24.8. The van der Waals surface area contributed by atoms with Crippen LogP contribution in [0, 0.1) is 11.8 Å². The van der Waals surface area contributed by atoms with Crippen LogP contribution in [0.25, 0.3) is 0 Å². The number of nitrogens with zero attached hydrogens (tertiary/aromatic N) is 2. The molecule has 0 aromatic heterocycles. The van der Waals surface area contributed by atoms with E-state index in [2.05, 4.69) is 36.3 Å². The topological polar surface area (TPSA) is 91.0 Å². The highest BCUT2D eigenvalue weighted by atomic mass is 16.5. The molecule has 41 heavy (non-hydrogen) atoms. The van der Waals surface area contributed by atoms with E-state index in [1.807, 2.05) is 36.4 Å². The number of benzene rings is 1. The number of rotatable bonds is 8. The normalized spacial score (nSPS) is 33.4. The number of hydrogen-bond acceptors (Lipinski definition) is 5. The molecule has 8 heteroatoms. The number of carbonyl (C=O) groups is 3. The molecule has 4 aliphatic heterocycles. The number of likely N-dealkylation sites (tertiary alicyclic amines) is 2. The van der Waals surface area contributed by atoms with Crippen LogP contribution in [-0.2, 0) is 19.1 Å². The first-order chi connectivity index (χ1) is 19.8. The minimum absolute atomic E-state index is 0.126. The van der Waals surface area contributed by atoms with Crippen molar-refractivity contribution in [2.75, 3.05) is 25.0 Å². The number of hydrogen-bond donors (Lipinski definition) is 2. The van der Waals surface area contributed by atoms with Gasteiger partial charge in [0, 0.05) is 30.9 Å². The maximum atomic E-state index is 14.3.